The number of benzene rings is 3. The monoisotopic (exact) mass is 474 g/mol. The number of rotatable bonds is 7. The van der Waals surface area contributed by atoms with Gasteiger partial charge in [0.25, 0.3) is 0 Å². The Balaban J connectivity index is 1.97. The molecule has 0 aliphatic carbocycles. The molecule has 3 aromatic carbocycles. The predicted octanol–water partition coefficient (Wildman–Crippen LogP) is 7.29. The minimum Gasteiger partial charge on any atom is -0.423 e. The molecular weight excluding hydrogens is 450 g/mol. The fourth-order valence-electron chi connectivity index (χ4n) is 3.25. The smallest absolute Gasteiger partial charge is 0.338 e. The Morgan fingerprint density at radius 3 is 1.69 bits per heavy atom. The van der Waals surface area contributed by atoms with Crippen molar-refractivity contribution in [2.45, 2.75) is 20.8 Å². The molecule has 0 amide bonds. The van der Waals surface area contributed by atoms with Crippen LogP contribution in [0.4, 0.5) is 8.78 Å². The topological polar surface area (TPSA) is 52.6 Å². The van der Waals surface area contributed by atoms with Crippen LogP contribution in [0.1, 0.15) is 26.3 Å². The summed E-state index contributed by atoms with van der Waals surface area (Å²) in [6.45, 7) is 11.8. The molecule has 0 fully saturated rings. The molecule has 35 heavy (non-hydrogen) atoms. The Labute approximate surface area is 202 Å². The van der Waals surface area contributed by atoms with Gasteiger partial charge < -0.3 is 9.47 Å². The molecular formula is C29H24F2O4. The van der Waals surface area contributed by atoms with Gasteiger partial charge in [-0.3, -0.25) is 0 Å². The Hall–Kier alpha value is -4.32. The van der Waals surface area contributed by atoms with Gasteiger partial charge in [-0.25, -0.2) is 18.4 Å². The highest BCUT2D eigenvalue weighted by Crippen LogP contribution is 2.34. The van der Waals surface area contributed by atoms with Gasteiger partial charge in [0.05, 0.1) is 0 Å². The quantitative estimate of drug-likeness (QED) is 0.205. The third-order valence-corrected chi connectivity index (χ3v) is 5.00. The maximum atomic E-state index is 15.0. The van der Waals surface area contributed by atoms with Gasteiger partial charge in [-0.2, -0.15) is 0 Å². The molecule has 0 N–H and O–H groups in total. The van der Waals surface area contributed by atoms with E-state index in [1.165, 1.54) is 38.1 Å². The largest absolute Gasteiger partial charge is 0.423 e. The van der Waals surface area contributed by atoms with Crippen LogP contribution in [0.2, 0.25) is 0 Å². The summed E-state index contributed by atoms with van der Waals surface area (Å²) in [4.78, 5) is 23.4. The first-order chi connectivity index (χ1) is 16.6. The van der Waals surface area contributed by atoms with Gasteiger partial charge in [0.15, 0.2) is 0 Å². The molecule has 0 aliphatic rings. The Morgan fingerprint density at radius 1 is 0.743 bits per heavy atom. The molecule has 0 unspecified atom stereocenters. The Bertz CT molecular complexity index is 1370. The maximum Gasteiger partial charge on any atom is 0.338 e. The molecule has 3 rings (SSSR count). The molecule has 0 atom stereocenters. The van der Waals surface area contributed by atoms with E-state index in [4.69, 9.17) is 9.47 Å². The fraction of sp³-hybridized carbons (Fsp3) is 0.103. The van der Waals surface area contributed by atoms with E-state index in [1.807, 2.05) is 6.92 Å². The van der Waals surface area contributed by atoms with Crippen LogP contribution < -0.4 is 9.47 Å². The standard InChI is InChI=1S/C29H24F2O4/c1-6-7-19-14-20(24-12-9-21(15-26(24)30)34-28(32)17(2)3)8-11-23(19)25-13-10-22(16-27(25)31)35-29(33)18(4)5/h6-16H,2,4H2,1,3,5H3/b7-6-. The van der Waals surface area contributed by atoms with E-state index in [9.17, 15) is 18.4 Å². The molecule has 0 heterocycles. The molecule has 0 radical (unpaired) electrons. The SMILES string of the molecule is C=C(C)C(=O)Oc1ccc(-c2ccc(-c3ccc(OC(=O)C(=C)C)cc3F)c(/C=C\C)c2)c(F)c1. The Kier molecular flexibility index (Phi) is 7.76. The highest BCUT2D eigenvalue weighted by Gasteiger charge is 2.15. The number of hydrogen-bond donors (Lipinski definition) is 0. The second-order valence-electron chi connectivity index (χ2n) is 7.93. The van der Waals surface area contributed by atoms with E-state index in [0.29, 0.717) is 27.8 Å². The van der Waals surface area contributed by atoms with Crippen molar-refractivity contribution in [2.24, 2.45) is 0 Å². The number of carbonyl (C=O) groups excluding carboxylic acids is 2. The molecule has 0 saturated carbocycles. The van der Waals surface area contributed by atoms with E-state index in [1.54, 1.807) is 30.4 Å². The molecule has 178 valence electrons. The van der Waals surface area contributed by atoms with E-state index in [0.717, 1.165) is 12.1 Å². The summed E-state index contributed by atoms with van der Waals surface area (Å²) in [5.74, 6) is -2.30. The van der Waals surface area contributed by atoms with Gasteiger partial charge in [0, 0.05) is 34.4 Å². The molecule has 3 aromatic rings. The zero-order valence-electron chi connectivity index (χ0n) is 19.7. The lowest BCUT2D eigenvalue weighted by Crippen LogP contribution is -2.08. The highest BCUT2D eigenvalue weighted by atomic mass is 19.1. The molecule has 0 spiro atoms. The number of carbonyl (C=O) groups is 2. The van der Waals surface area contributed by atoms with Gasteiger partial charge >= 0.3 is 11.9 Å². The first-order valence-corrected chi connectivity index (χ1v) is 10.7. The molecule has 0 bridgehead atoms. The summed E-state index contributed by atoms with van der Waals surface area (Å²) in [5.41, 5.74) is 2.79. The molecule has 0 aliphatic heterocycles. The van der Waals surface area contributed by atoms with Crippen LogP contribution in [-0.4, -0.2) is 11.9 Å². The summed E-state index contributed by atoms with van der Waals surface area (Å²) >= 11 is 0. The lowest BCUT2D eigenvalue weighted by Gasteiger charge is -2.13. The van der Waals surface area contributed by atoms with E-state index >= 15 is 0 Å². The third kappa shape index (κ3) is 5.98. The van der Waals surface area contributed by atoms with Crippen molar-refractivity contribution in [1.82, 2.24) is 0 Å². The zero-order chi connectivity index (χ0) is 25.7. The van der Waals surface area contributed by atoms with Gasteiger partial charge in [-0.05, 0) is 67.8 Å². The van der Waals surface area contributed by atoms with Crippen molar-refractivity contribution >= 4 is 18.0 Å². The summed E-state index contributed by atoms with van der Waals surface area (Å²) in [6.07, 6.45) is 3.58. The summed E-state index contributed by atoms with van der Waals surface area (Å²) < 4.78 is 40.0. The number of ether oxygens (including phenoxy) is 2. The van der Waals surface area contributed by atoms with Gasteiger partial charge in [-0.1, -0.05) is 37.4 Å². The van der Waals surface area contributed by atoms with Gasteiger partial charge in [-0.15, -0.1) is 0 Å². The van der Waals surface area contributed by atoms with Crippen LogP contribution in [-0.2, 0) is 9.59 Å². The lowest BCUT2D eigenvalue weighted by atomic mass is 9.94. The Morgan fingerprint density at radius 2 is 1.23 bits per heavy atom. The number of hydrogen-bond acceptors (Lipinski definition) is 4. The average Bonchev–Trinajstić information content (AvgIpc) is 2.79. The van der Waals surface area contributed by atoms with Crippen molar-refractivity contribution < 1.29 is 27.8 Å². The van der Waals surface area contributed by atoms with Crippen LogP contribution in [0.25, 0.3) is 28.3 Å². The predicted molar refractivity (Wildman–Crippen MR) is 133 cm³/mol. The summed E-state index contributed by atoms with van der Waals surface area (Å²) in [6, 6.07) is 13.4. The normalized spacial score (nSPS) is 10.8. The highest BCUT2D eigenvalue weighted by molar-refractivity contribution is 5.89. The average molecular weight is 475 g/mol. The van der Waals surface area contributed by atoms with Crippen LogP contribution in [0.15, 0.2) is 85.0 Å². The van der Waals surface area contributed by atoms with Crippen LogP contribution in [0.5, 0.6) is 11.5 Å². The maximum absolute atomic E-state index is 15.0. The zero-order valence-corrected chi connectivity index (χ0v) is 19.7. The van der Waals surface area contributed by atoms with Gasteiger partial charge in [0.1, 0.15) is 23.1 Å². The van der Waals surface area contributed by atoms with Crippen molar-refractivity contribution in [1.29, 1.82) is 0 Å². The molecule has 6 heteroatoms. The second kappa shape index (κ2) is 10.7. The fourth-order valence-corrected chi connectivity index (χ4v) is 3.25. The molecule has 4 nitrogen and oxygen atoms in total. The lowest BCUT2D eigenvalue weighted by molar-refractivity contribution is -0.130. The van der Waals surface area contributed by atoms with Crippen molar-refractivity contribution in [3.8, 4) is 33.8 Å². The van der Waals surface area contributed by atoms with E-state index in [2.05, 4.69) is 13.2 Å². The van der Waals surface area contributed by atoms with Crippen molar-refractivity contribution in [3.63, 3.8) is 0 Å². The first kappa shape index (κ1) is 25.3. The van der Waals surface area contributed by atoms with E-state index < -0.39 is 23.6 Å². The summed E-state index contributed by atoms with van der Waals surface area (Å²) in [7, 11) is 0. The van der Waals surface area contributed by atoms with E-state index in [-0.39, 0.29) is 22.6 Å². The van der Waals surface area contributed by atoms with Crippen molar-refractivity contribution in [2.75, 3.05) is 0 Å². The minimum atomic E-state index is -0.640. The number of esters is 2. The van der Waals surface area contributed by atoms with Gasteiger partial charge in [0.2, 0.25) is 0 Å². The summed E-state index contributed by atoms with van der Waals surface area (Å²) in [5, 5.41) is 0. The van der Waals surface area contributed by atoms with Crippen LogP contribution in [0.3, 0.4) is 0 Å². The van der Waals surface area contributed by atoms with Crippen molar-refractivity contribution in [3.05, 3.63) is 102 Å². The number of halogens is 2. The third-order valence-electron chi connectivity index (χ3n) is 5.00. The minimum absolute atomic E-state index is 0.0676. The number of allylic oxidation sites excluding steroid dienone is 1. The second-order valence-corrected chi connectivity index (χ2v) is 7.93. The van der Waals surface area contributed by atoms with Crippen LogP contribution in [0, 0.1) is 11.6 Å². The first-order valence-electron chi connectivity index (χ1n) is 10.7. The molecule has 0 saturated heterocycles. The molecule has 0 aromatic heterocycles. The van der Waals surface area contributed by atoms with Crippen LogP contribution >= 0.6 is 0 Å².